The van der Waals surface area contributed by atoms with E-state index in [0.29, 0.717) is 0 Å². The normalized spacial score (nSPS) is 11.6. The van der Waals surface area contributed by atoms with Crippen LogP contribution in [0.2, 0.25) is 0 Å². The van der Waals surface area contributed by atoms with Crippen molar-refractivity contribution in [2.75, 3.05) is 0 Å². The van der Waals surface area contributed by atoms with Crippen molar-refractivity contribution in [2.45, 2.75) is 0 Å². The molecule has 4 nitrogen and oxygen atoms in total. The largest absolute Gasteiger partial charge is 0.455 e. The first-order valence-electron chi connectivity index (χ1n) is 15.0. The summed E-state index contributed by atoms with van der Waals surface area (Å²) in [6, 6.07) is 44.6. The predicted octanol–water partition coefficient (Wildman–Crippen LogP) is 10.7. The number of aromatic nitrogens is 3. The van der Waals surface area contributed by atoms with Crippen molar-refractivity contribution in [3.05, 3.63) is 152 Å². The number of fused-ring (bicyclic) bond motifs is 6. The van der Waals surface area contributed by atoms with Crippen LogP contribution in [0.15, 0.2) is 157 Å². The molecule has 0 fully saturated rings. The Morgan fingerprint density at radius 2 is 0.956 bits per heavy atom. The smallest absolute Gasteiger partial charge is 0.145 e. The highest BCUT2D eigenvalue weighted by Crippen LogP contribution is 2.47. The maximum absolute atomic E-state index is 6.78. The van der Waals surface area contributed by atoms with Crippen LogP contribution >= 0.6 is 0 Å². The summed E-state index contributed by atoms with van der Waals surface area (Å²) in [7, 11) is 0. The van der Waals surface area contributed by atoms with Crippen molar-refractivity contribution in [1.29, 1.82) is 0 Å². The summed E-state index contributed by atoms with van der Waals surface area (Å²) in [4.78, 5) is 13.6. The first-order valence-corrected chi connectivity index (χ1v) is 15.0. The van der Waals surface area contributed by atoms with Gasteiger partial charge in [0.2, 0.25) is 0 Å². The van der Waals surface area contributed by atoms with Crippen molar-refractivity contribution in [2.24, 2.45) is 0 Å². The molecule has 0 amide bonds. The molecule has 0 N–H and O–H groups in total. The van der Waals surface area contributed by atoms with E-state index in [4.69, 9.17) is 9.40 Å². The van der Waals surface area contributed by atoms with E-state index >= 15 is 0 Å². The van der Waals surface area contributed by atoms with Crippen LogP contribution in [0.25, 0.3) is 88.6 Å². The van der Waals surface area contributed by atoms with E-state index in [1.807, 2.05) is 49.1 Å². The number of nitrogens with zero attached hydrogens (tertiary/aromatic N) is 3. The van der Waals surface area contributed by atoms with Gasteiger partial charge in [-0.05, 0) is 111 Å². The van der Waals surface area contributed by atoms with Crippen molar-refractivity contribution < 1.29 is 4.42 Å². The predicted molar refractivity (Wildman–Crippen MR) is 183 cm³/mol. The molecule has 0 saturated carbocycles. The van der Waals surface area contributed by atoms with Gasteiger partial charge in [0.25, 0.3) is 0 Å². The van der Waals surface area contributed by atoms with Gasteiger partial charge in [-0.15, -0.1) is 0 Å². The third-order valence-corrected chi connectivity index (χ3v) is 8.66. The molecule has 9 rings (SSSR count). The molecule has 0 atom stereocenters. The standard InChI is InChI=1S/C41H25N3O/c1-2-8-33-32(7-1)31(30-24-28(26-15-19-42-20-16-26)23-29(25-30)27-17-21-43-22-18-27)13-14-34(33)41-39-35-9-3-5-11-37(35)44-40(39)36-10-4-6-12-38(36)45-41/h1-25H. The third kappa shape index (κ3) is 4.19. The van der Waals surface area contributed by atoms with E-state index in [9.17, 15) is 0 Å². The van der Waals surface area contributed by atoms with Crippen LogP contribution in [0.3, 0.4) is 0 Å². The lowest BCUT2D eigenvalue weighted by Crippen LogP contribution is -1.92. The topological polar surface area (TPSA) is 51.8 Å². The van der Waals surface area contributed by atoms with Gasteiger partial charge in [0.05, 0.1) is 16.8 Å². The Labute approximate surface area is 259 Å². The maximum atomic E-state index is 6.78. The summed E-state index contributed by atoms with van der Waals surface area (Å²) in [6.45, 7) is 0. The molecule has 0 radical (unpaired) electrons. The molecule has 4 heteroatoms. The number of rotatable bonds is 4. The second kappa shape index (κ2) is 10.2. The van der Waals surface area contributed by atoms with Crippen molar-refractivity contribution in [1.82, 2.24) is 15.0 Å². The summed E-state index contributed by atoms with van der Waals surface area (Å²) in [5.41, 5.74) is 11.7. The van der Waals surface area contributed by atoms with Crippen LogP contribution in [-0.2, 0) is 0 Å². The fourth-order valence-corrected chi connectivity index (χ4v) is 6.57. The Morgan fingerprint density at radius 1 is 0.422 bits per heavy atom. The molecule has 210 valence electrons. The Balaban J connectivity index is 1.31. The molecule has 2 aliphatic heterocycles. The number of hydrogen-bond acceptors (Lipinski definition) is 4. The molecule has 2 aliphatic rings. The van der Waals surface area contributed by atoms with E-state index in [1.165, 1.54) is 0 Å². The van der Waals surface area contributed by atoms with Crippen molar-refractivity contribution in [3.8, 4) is 56.0 Å². The zero-order valence-electron chi connectivity index (χ0n) is 24.2. The fourth-order valence-electron chi connectivity index (χ4n) is 6.57. The number of hydrogen-bond donors (Lipinski definition) is 0. The molecule has 5 aromatic carbocycles. The number of para-hydroxylation sites is 2. The highest BCUT2D eigenvalue weighted by Gasteiger charge is 2.24. The SMILES string of the molecule is c1ccc2c3c(-c4ccc(-c5cc(-c6ccncc6)cc(-c6ccncc6)c5)c5ccccc45)oc4ccccc4c-3nc2c1. The number of benzene rings is 5. The minimum Gasteiger partial charge on any atom is -0.455 e. The van der Waals surface area contributed by atoms with Crippen LogP contribution in [0, 0.1) is 0 Å². The van der Waals surface area contributed by atoms with Crippen molar-refractivity contribution >= 4 is 32.6 Å². The monoisotopic (exact) mass is 575 g/mol. The van der Waals surface area contributed by atoms with Gasteiger partial charge in [0, 0.05) is 41.1 Å². The average molecular weight is 576 g/mol. The Morgan fingerprint density at radius 3 is 1.64 bits per heavy atom. The zero-order valence-corrected chi connectivity index (χ0v) is 24.2. The van der Waals surface area contributed by atoms with Gasteiger partial charge in [-0.2, -0.15) is 0 Å². The van der Waals surface area contributed by atoms with Gasteiger partial charge in [-0.25, -0.2) is 4.98 Å². The van der Waals surface area contributed by atoms with Gasteiger partial charge in [0.15, 0.2) is 0 Å². The molecule has 0 spiro atoms. The van der Waals surface area contributed by atoms with Crippen LogP contribution < -0.4 is 0 Å². The van der Waals surface area contributed by atoms with Crippen molar-refractivity contribution in [3.63, 3.8) is 0 Å². The molecule has 0 aliphatic carbocycles. The molecule has 0 bridgehead atoms. The highest BCUT2D eigenvalue weighted by atomic mass is 16.3. The summed E-state index contributed by atoms with van der Waals surface area (Å²) in [6.07, 6.45) is 7.37. The maximum Gasteiger partial charge on any atom is 0.145 e. The van der Waals surface area contributed by atoms with E-state index in [0.717, 1.165) is 88.6 Å². The summed E-state index contributed by atoms with van der Waals surface area (Å²) in [5, 5.41) is 4.39. The first-order chi connectivity index (χ1) is 22.3. The van der Waals surface area contributed by atoms with E-state index in [2.05, 4.69) is 113 Å². The van der Waals surface area contributed by atoms with Crippen LogP contribution in [0.4, 0.5) is 0 Å². The number of pyridine rings is 2. The Bertz CT molecular complexity index is 2420. The molecule has 45 heavy (non-hydrogen) atoms. The average Bonchev–Trinajstić information content (AvgIpc) is 3.52. The van der Waals surface area contributed by atoms with Crippen LogP contribution in [0.5, 0.6) is 0 Å². The lowest BCUT2D eigenvalue weighted by Gasteiger charge is -2.16. The van der Waals surface area contributed by atoms with Gasteiger partial charge < -0.3 is 4.42 Å². The van der Waals surface area contributed by atoms with Crippen LogP contribution in [-0.4, -0.2) is 15.0 Å². The van der Waals surface area contributed by atoms with Gasteiger partial charge in [-0.1, -0.05) is 60.7 Å². The molecule has 0 saturated heterocycles. The molecule has 4 heterocycles. The lowest BCUT2D eigenvalue weighted by atomic mass is 9.89. The summed E-state index contributed by atoms with van der Waals surface area (Å²) < 4.78 is 6.78. The van der Waals surface area contributed by atoms with Crippen LogP contribution in [0.1, 0.15) is 0 Å². The minimum absolute atomic E-state index is 0.822. The van der Waals surface area contributed by atoms with Gasteiger partial charge >= 0.3 is 0 Å². The Kier molecular flexibility index (Phi) is 5.78. The van der Waals surface area contributed by atoms with Gasteiger partial charge in [-0.3, -0.25) is 9.97 Å². The molecule has 2 aromatic heterocycles. The highest BCUT2D eigenvalue weighted by molar-refractivity contribution is 6.14. The second-order valence-electron chi connectivity index (χ2n) is 11.3. The minimum atomic E-state index is 0.822. The van der Waals surface area contributed by atoms with Gasteiger partial charge in [0.1, 0.15) is 11.3 Å². The second-order valence-corrected chi connectivity index (χ2v) is 11.3. The molecular weight excluding hydrogens is 550 g/mol. The summed E-state index contributed by atoms with van der Waals surface area (Å²) >= 11 is 0. The molecule has 7 aromatic rings. The quantitative estimate of drug-likeness (QED) is 0.209. The lowest BCUT2D eigenvalue weighted by molar-refractivity contribution is 0.622. The first kappa shape index (κ1) is 25.4. The molecule has 0 unspecified atom stereocenters. The molecular formula is C41H25N3O. The van der Waals surface area contributed by atoms with E-state index in [-0.39, 0.29) is 0 Å². The summed E-state index contributed by atoms with van der Waals surface area (Å²) in [5.74, 6) is 0.836. The fraction of sp³-hybridized carbons (Fsp3) is 0. The Hall–Kier alpha value is -6.13. The zero-order chi connectivity index (χ0) is 29.7. The van der Waals surface area contributed by atoms with E-state index < -0.39 is 0 Å². The third-order valence-electron chi connectivity index (χ3n) is 8.66. The van der Waals surface area contributed by atoms with E-state index in [1.54, 1.807) is 0 Å².